The Morgan fingerprint density at radius 1 is 1.19 bits per heavy atom. The summed E-state index contributed by atoms with van der Waals surface area (Å²) in [5.41, 5.74) is 6.78. The number of carbonyl (C=O) groups excluding carboxylic acids is 1. The Balaban J connectivity index is 0.000000339. The van der Waals surface area contributed by atoms with Gasteiger partial charge in [0.25, 0.3) is 5.91 Å². The van der Waals surface area contributed by atoms with Crippen molar-refractivity contribution in [1.29, 1.82) is 0 Å². The number of nitrogens with zero attached hydrogens (tertiary/aromatic N) is 2. The first-order valence-corrected chi connectivity index (χ1v) is 9.40. The van der Waals surface area contributed by atoms with E-state index >= 15 is 0 Å². The summed E-state index contributed by atoms with van der Waals surface area (Å²) in [4.78, 5) is 33.0. The molecule has 0 bridgehead atoms. The smallest absolute Gasteiger partial charge is 0.475 e. The molecule has 4 rings (SSSR count). The molecular weight excluding hydrogens is 413 g/mol. The van der Waals surface area contributed by atoms with Crippen molar-refractivity contribution in [2.24, 2.45) is 0 Å². The Labute approximate surface area is 175 Å². The third kappa shape index (κ3) is 5.27. The van der Waals surface area contributed by atoms with Crippen LogP contribution in [-0.4, -0.2) is 44.7 Å². The number of aromatic amines is 1. The minimum atomic E-state index is -5.08. The number of amides is 1. The molecule has 1 aliphatic heterocycles. The summed E-state index contributed by atoms with van der Waals surface area (Å²) < 4.78 is 31.7. The molecule has 7 nitrogen and oxygen atoms in total. The zero-order valence-electron chi connectivity index (χ0n) is 16.5. The number of fused-ring (bicyclic) bond motifs is 1. The van der Waals surface area contributed by atoms with Crippen LogP contribution in [0, 0.1) is 0 Å². The lowest BCUT2D eigenvalue weighted by Crippen LogP contribution is -2.31. The number of aryl methyl sites for hydroxylation is 1. The molecule has 0 unspecified atom stereocenters. The Morgan fingerprint density at radius 2 is 1.94 bits per heavy atom. The van der Waals surface area contributed by atoms with Gasteiger partial charge in [-0.05, 0) is 36.2 Å². The molecule has 3 aromatic rings. The predicted molar refractivity (Wildman–Crippen MR) is 106 cm³/mol. The molecule has 0 saturated carbocycles. The highest BCUT2D eigenvalue weighted by molar-refractivity contribution is 5.97. The normalized spacial score (nSPS) is 13.0. The summed E-state index contributed by atoms with van der Waals surface area (Å²) in [6.45, 7) is 2.79. The van der Waals surface area contributed by atoms with Crippen LogP contribution in [0.4, 0.5) is 13.2 Å². The molecule has 0 fully saturated rings. The van der Waals surface area contributed by atoms with Crippen molar-refractivity contribution in [2.75, 3.05) is 6.54 Å². The molecule has 0 atom stereocenters. The minimum Gasteiger partial charge on any atom is -0.475 e. The number of rotatable bonds is 3. The maximum absolute atomic E-state index is 11.9. The molecule has 0 aliphatic carbocycles. The number of pyridine rings is 2. The average Bonchev–Trinajstić information content (AvgIpc) is 3.20. The van der Waals surface area contributed by atoms with Crippen LogP contribution in [0.25, 0.3) is 22.5 Å². The zero-order valence-corrected chi connectivity index (χ0v) is 16.5. The van der Waals surface area contributed by atoms with E-state index in [1.165, 1.54) is 5.56 Å². The van der Waals surface area contributed by atoms with Gasteiger partial charge < -0.3 is 15.4 Å². The highest BCUT2D eigenvalue weighted by Gasteiger charge is 2.38. The molecule has 0 aromatic carbocycles. The molecule has 1 amide bonds. The molecule has 4 heterocycles. The fourth-order valence-electron chi connectivity index (χ4n) is 3.03. The standard InChI is InChI=1S/C19H18N4O.C2HF3O2/c1-2-12-7-14(11-20-10-12)17-8-13(3-5-21-17)18-9-15-16(23-18)4-6-22-19(15)24;3-2(4,5)1(6)7/h3,5,7-11,23H,2,4,6H2,1H3,(H,22,24);(H,6,7). The van der Waals surface area contributed by atoms with E-state index < -0.39 is 12.1 Å². The van der Waals surface area contributed by atoms with Gasteiger partial charge in [0.1, 0.15) is 0 Å². The number of carboxylic acids is 1. The molecular formula is C21H19F3N4O3. The first-order valence-electron chi connectivity index (χ1n) is 9.40. The first-order chi connectivity index (χ1) is 14.7. The Bertz CT molecular complexity index is 1110. The number of nitrogens with one attached hydrogen (secondary N) is 2. The topological polar surface area (TPSA) is 108 Å². The van der Waals surface area contributed by atoms with E-state index in [4.69, 9.17) is 9.90 Å². The van der Waals surface area contributed by atoms with E-state index in [1.54, 1.807) is 6.20 Å². The number of aliphatic carboxylic acids is 1. The molecule has 31 heavy (non-hydrogen) atoms. The highest BCUT2D eigenvalue weighted by atomic mass is 19.4. The van der Waals surface area contributed by atoms with Crippen molar-refractivity contribution in [3.63, 3.8) is 0 Å². The molecule has 0 spiro atoms. The van der Waals surface area contributed by atoms with Gasteiger partial charge in [-0.1, -0.05) is 6.92 Å². The number of halogens is 3. The van der Waals surface area contributed by atoms with Gasteiger partial charge in [0, 0.05) is 54.1 Å². The third-order valence-corrected chi connectivity index (χ3v) is 4.62. The molecule has 3 N–H and O–H groups in total. The van der Waals surface area contributed by atoms with Gasteiger partial charge in [0.15, 0.2) is 0 Å². The van der Waals surface area contributed by atoms with Crippen molar-refractivity contribution in [1.82, 2.24) is 20.3 Å². The lowest BCUT2D eigenvalue weighted by Gasteiger charge is -2.10. The Hall–Kier alpha value is -3.69. The van der Waals surface area contributed by atoms with E-state index in [0.717, 1.165) is 46.6 Å². The number of alkyl halides is 3. The highest BCUT2D eigenvalue weighted by Crippen LogP contribution is 2.27. The second-order valence-corrected chi connectivity index (χ2v) is 6.75. The van der Waals surface area contributed by atoms with Crippen LogP contribution in [0.3, 0.4) is 0 Å². The molecule has 0 saturated heterocycles. The largest absolute Gasteiger partial charge is 0.490 e. The monoisotopic (exact) mass is 432 g/mol. The van der Waals surface area contributed by atoms with Crippen LogP contribution in [-0.2, 0) is 17.6 Å². The van der Waals surface area contributed by atoms with E-state index in [2.05, 4.69) is 33.3 Å². The lowest BCUT2D eigenvalue weighted by molar-refractivity contribution is -0.192. The second kappa shape index (κ2) is 8.99. The van der Waals surface area contributed by atoms with Crippen LogP contribution in [0.1, 0.15) is 28.5 Å². The van der Waals surface area contributed by atoms with Gasteiger partial charge in [0.05, 0.1) is 11.3 Å². The van der Waals surface area contributed by atoms with E-state index in [0.29, 0.717) is 6.54 Å². The molecule has 3 aromatic heterocycles. The van der Waals surface area contributed by atoms with Gasteiger partial charge in [-0.2, -0.15) is 13.2 Å². The predicted octanol–water partition coefficient (Wildman–Crippen LogP) is 3.62. The first kappa shape index (κ1) is 22.0. The molecule has 162 valence electrons. The number of hydrogen-bond acceptors (Lipinski definition) is 4. The van der Waals surface area contributed by atoms with E-state index in [-0.39, 0.29) is 5.91 Å². The maximum Gasteiger partial charge on any atom is 0.490 e. The SMILES string of the molecule is CCc1cncc(-c2cc(-c3cc4c([nH]3)CCNC4=O)ccn2)c1.O=C(O)C(F)(F)F. The summed E-state index contributed by atoms with van der Waals surface area (Å²) in [6.07, 6.45) is 2.20. The van der Waals surface area contributed by atoms with Crippen LogP contribution in [0.2, 0.25) is 0 Å². The van der Waals surface area contributed by atoms with Gasteiger partial charge in [-0.15, -0.1) is 0 Å². The van der Waals surface area contributed by atoms with Gasteiger partial charge >= 0.3 is 12.1 Å². The van der Waals surface area contributed by atoms with Crippen molar-refractivity contribution in [3.8, 4) is 22.5 Å². The number of carbonyl (C=O) groups is 2. The Morgan fingerprint density at radius 3 is 2.58 bits per heavy atom. The third-order valence-electron chi connectivity index (χ3n) is 4.62. The summed E-state index contributed by atoms with van der Waals surface area (Å²) in [5, 5.41) is 10.00. The molecule has 10 heteroatoms. The summed E-state index contributed by atoms with van der Waals surface area (Å²) in [7, 11) is 0. The van der Waals surface area contributed by atoms with Crippen molar-refractivity contribution >= 4 is 11.9 Å². The number of H-pyrrole nitrogens is 1. The maximum atomic E-state index is 11.9. The van der Waals surface area contributed by atoms with Crippen molar-refractivity contribution < 1.29 is 27.9 Å². The lowest BCUT2D eigenvalue weighted by atomic mass is 10.1. The van der Waals surface area contributed by atoms with Crippen LogP contribution in [0.15, 0.2) is 42.9 Å². The molecule has 0 radical (unpaired) electrons. The van der Waals surface area contributed by atoms with Crippen molar-refractivity contribution in [2.45, 2.75) is 25.9 Å². The zero-order chi connectivity index (χ0) is 22.6. The minimum absolute atomic E-state index is 0.00660. The average molecular weight is 432 g/mol. The van der Waals surface area contributed by atoms with Crippen LogP contribution in [0.5, 0.6) is 0 Å². The summed E-state index contributed by atoms with van der Waals surface area (Å²) >= 11 is 0. The van der Waals surface area contributed by atoms with E-state index in [9.17, 15) is 18.0 Å². The van der Waals surface area contributed by atoms with Crippen LogP contribution < -0.4 is 5.32 Å². The molecule has 1 aliphatic rings. The van der Waals surface area contributed by atoms with Gasteiger partial charge in [-0.3, -0.25) is 14.8 Å². The fraction of sp³-hybridized carbons (Fsp3) is 0.238. The van der Waals surface area contributed by atoms with Crippen LogP contribution >= 0.6 is 0 Å². The van der Waals surface area contributed by atoms with Gasteiger partial charge in [-0.25, -0.2) is 4.79 Å². The Kier molecular flexibility index (Phi) is 6.38. The fourth-order valence-corrected chi connectivity index (χ4v) is 3.03. The second-order valence-electron chi connectivity index (χ2n) is 6.75. The number of carboxylic acid groups (broad SMARTS) is 1. The summed E-state index contributed by atoms with van der Waals surface area (Å²) in [5.74, 6) is -2.76. The number of aromatic nitrogens is 3. The quantitative estimate of drug-likeness (QED) is 0.586. The summed E-state index contributed by atoms with van der Waals surface area (Å²) in [6, 6.07) is 8.03. The van der Waals surface area contributed by atoms with Gasteiger partial charge in [0.2, 0.25) is 0 Å². The van der Waals surface area contributed by atoms with E-state index in [1.807, 2.05) is 30.6 Å². The number of hydrogen-bond donors (Lipinski definition) is 3. The van der Waals surface area contributed by atoms with Crippen molar-refractivity contribution in [3.05, 3.63) is 59.7 Å².